The Morgan fingerprint density at radius 2 is 2.06 bits per heavy atom. The Labute approximate surface area is 107 Å². The number of fused-ring (bicyclic) bond motifs is 1. The summed E-state index contributed by atoms with van der Waals surface area (Å²) in [7, 11) is 0. The number of ether oxygens (including phenoxy) is 1. The molecule has 0 spiro atoms. The van der Waals surface area contributed by atoms with Gasteiger partial charge in [-0.1, -0.05) is 24.4 Å². The summed E-state index contributed by atoms with van der Waals surface area (Å²) in [6.07, 6.45) is 5.83. The summed E-state index contributed by atoms with van der Waals surface area (Å²) < 4.78 is 5.81. The van der Waals surface area contributed by atoms with E-state index >= 15 is 0 Å². The lowest BCUT2D eigenvalue weighted by molar-refractivity contribution is 0.338. The van der Waals surface area contributed by atoms with Crippen LogP contribution in [0.1, 0.15) is 36.8 Å². The molecule has 17 heavy (non-hydrogen) atoms. The Bertz CT molecular complexity index is 438. The molecule has 1 aliphatic heterocycles. The molecule has 0 aromatic heterocycles. The molecule has 0 bridgehead atoms. The summed E-state index contributed by atoms with van der Waals surface area (Å²) in [5.74, 6) is 1.07. The van der Waals surface area contributed by atoms with E-state index in [9.17, 15) is 0 Å². The maximum Gasteiger partial charge on any atom is 0.126 e. The first-order chi connectivity index (χ1) is 8.25. The van der Waals surface area contributed by atoms with Gasteiger partial charge in [-0.05, 0) is 30.5 Å². The third-order valence-electron chi connectivity index (χ3n) is 4.27. The van der Waals surface area contributed by atoms with Crippen LogP contribution in [-0.2, 0) is 11.8 Å². The van der Waals surface area contributed by atoms with E-state index in [2.05, 4.69) is 6.07 Å². The van der Waals surface area contributed by atoms with E-state index in [4.69, 9.17) is 22.1 Å². The zero-order valence-corrected chi connectivity index (χ0v) is 10.7. The quantitative estimate of drug-likeness (QED) is 0.877. The van der Waals surface area contributed by atoms with Crippen molar-refractivity contribution in [2.75, 3.05) is 13.2 Å². The molecule has 0 atom stereocenters. The number of halogens is 1. The van der Waals surface area contributed by atoms with Gasteiger partial charge in [0.2, 0.25) is 0 Å². The van der Waals surface area contributed by atoms with E-state index in [-0.39, 0.29) is 5.41 Å². The molecular formula is C14H18ClNO. The van der Waals surface area contributed by atoms with E-state index in [0.717, 1.165) is 23.8 Å². The predicted molar refractivity (Wildman–Crippen MR) is 69.9 cm³/mol. The van der Waals surface area contributed by atoms with Crippen LogP contribution in [0.15, 0.2) is 12.1 Å². The van der Waals surface area contributed by atoms with Gasteiger partial charge in [0.15, 0.2) is 0 Å². The van der Waals surface area contributed by atoms with Crippen molar-refractivity contribution in [3.05, 3.63) is 28.3 Å². The first-order valence-electron chi connectivity index (χ1n) is 6.41. The minimum absolute atomic E-state index is 0.110. The van der Waals surface area contributed by atoms with Crippen LogP contribution in [0, 0.1) is 0 Å². The van der Waals surface area contributed by atoms with E-state index in [1.165, 1.54) is 36.8 Å². The lowest BCUT2D eigenvalue weighted by atomic mass is 9.78. The monoisotopic (exact) mass is 251 g/mol. The van der Waals surface area contributed by atoms with Gasteiger partial charge in [-0.2, -0.15) is 0 Å². The Balaban J connectivity index is 2.13. The average molecular weight is 252 g/mol. The van der Waals surface area contributed by atoms with Crippen LogP contribution in [0.3, 0.4) is 0 Å². The second-order valence-corrected chi connectivity index (χ2v) is 5.67. The molecule has 0 amide bonds. The first kappa shape index (κ1) is 11.4. The number of hydrogen-bond acceptors (Lipinski definition) is 2. The fraction of sp³-hybridized carbons (Fsp3) is 0.571. The minimum Gasteiger partial charge on any atom is -0.493 e. The molecule has 3 rings (SSSR count). The van der Waals surface area contributed by atoms with Crippen molar-refractivity contribution < 1.29 is 4.74 Å². The fourth-order valence-electron chi connectivity index (χ4n) is 3.30. The Kier molecular flexibility index (Phi) is 2.80. The molecule has 0 unspecified atom stereocenters. The number of hydrogen-bond donors (Lipinski definition) is 1. The van der Waals surface area contributed by atoms with Crippen LogP contribution >= 0.6 is 11.6 Å². The molecular weight excluding hydrogens is 234 g/mol. The van der Waals surface area contributed by atoms with Gasteiger partial charge in [0.25, 0.3) is 0 Å². The van der Waals surface area contributed by atoms with Crippen molar-refractivity contribution in [1.82, 2.24) is 0 Å². The van der Waals surface area contributed by atoms with Crippen LogP contribution in [0.2, 0.25) is 5.02 Å². The lowest BCUT2D eigenvalue weighted by Gasteiger charge is -2.29. The van der Waals surface area contributed by atoms with Gasteiger partial charge < -0.3 is 10.5 Å². The molecule has 2 nitrogen and oxygen atoms in total. The molecule has 92 valence electrons. The Morgan fingerprint density at radius 1 is 1.29 bits per heavy atom. The fourth-order valence-corrected chi connectivity index (χ4v) is 3.54. The van der Waals surface area contributed by atoms with E-state index < -0.39 is 0 Å². The average Bonchev–Trinajstić information content (AvgIpc) is 2.96. The molecule has 3 heteroatoms. The van der Waals surface area contributed by atoms with Crippen molar-refractivity contribution in [2.45, 2.75) is 37.5 Å². The van der Waals surface area contributed by atoms with Gasteiger partial charge in [-0.25, -0.2) is 0 Å². The van der Waals surface area contributed by atoms with Crippen molar-refractivity contribution in [1.29, 1.82) is 0 Å². The highest BCUT2D eigenvalue weighted by molar-refractivity contribution is 6.30. The molecule has 1 fully saturated rings. The molecule has 0 saturated heterocycles. The zero-order chi connectivity index (χ0) is 11.9. The van der Waals surface area contributed by atoms with Gasteiger partial charge in [0, 0.05) is 29.0 Å². The molecule has 2 aliphatic rings. The summed E-state index contributed by atoms with van der Waals surface area (Å²) in [4.78, 5) is 0. The maximum absolute atomic E-state index is 6.23. The third kappa shape index (κ3) is 1.74. The largest absolute Gasteiger partial charge is 0.493 e. The normalized spacial score (nSPS) is 21.3. The van der Waals surface area contributed by atoms with Crippen LogP contribution < -0.4 is 10.5 Å². The second-order valence-electron chi connectivity index (χ2n) is 5.23. The molecule has 1 saturated carbocycles. The summed E-state index contributed by atoms with van der Waals surface area (Å²) in [5.41, 5.74) is 8.68. The molecule has 1 aromatic carbocycles. The van der Waals surface area contributed by atoms with E-state index in [0.29, 0.717) is 6.54 Å². The lowest BCUT2D eigenvalue weighted by Crippen LogP contribution is -2.32. The summed E-state index contributed by atoms with van der Waals surface area (Å²) >= 11 is 6.23. The standard InChI is InChI=1S/C14H18ClNO/c15-11-7-10-3-6-17-13(10)12(8-11)14(9-16)4-1-2-5-14/h7-8H,1-6,9,16H2. The van der Waals surface area contributed by atoms with Crippen molar-refractivity contribution in [3.8, 4) is 5.75 Å². The van der Waals surface area contributed by atoms with Crippen molar-refractivity contribution >= 4 is 11.6 Å². The molecule has 1 aromatic rings. The molecule has 1 aliphatic carbocycles. The van der Waals surface area contributed by atoms with Gasteiger partial charge >= 0.3 is 0 Å². The van der Waals surface area contributed by atoms with Crippen LogP contribution in [-0.4, -0.2) is 13.2 Å². The molecule has 1 heterocycles. The summed E-state index contributed by atoms with van der Waals surface area (Å²) in [5, 5.41) is 0.823. The highest BCUT2D eigenvalue weighted by atomic mass is 35.5. The van der Waals surface area contributed by atoms with Crippen LogP contribution in [0.25, 0.3) is 0 Å². The SMILES string of the molecule is NCC1(c2cc(Cl)cc3c2OCC3)CCCC1. The third-order valence-corrected chi connectivity index (χ3v) is 4.49. The van der Waals surface area contributed by atoms with Gasteiger partial charge in [0.05, 0.1) is 6.61 Å². The topological polar surface area (TPSA) is 35.2 Å². The second kappa shape index (κ2) is 4.18. The van der Waals surface area contributed by atoms with Crippen LogP contribution in [0.5, 0.6) is 5.75 Å². The predicted octanol–water partition coefficient (Wildman–Crippen LogP) is 3.05. The summed E-state index contributed by atoms with van der Waals surface area (Å²) in [6.45, 7) is 1.48. The number of nitrogens with two attached hydrogens (primary N) is 1. The Morgan fingerprint density at radius 3 is 2.76 bits per heavy atom. The minimum atomic E-state index is 0.110. The van der Waals surface area contributed by atoms with Crippen LogP contribution in [0.4, 0.5) is 0 Å². The highest BCUT2D eigenvalue weighted by Gasteiger charge is 2.38. The van der Waals surface area contributed by atoms with Gasteiger partial charge in [-0.15, -0.1) is 0 Å². The highest BCUT2D eigenvalue weighted by Crippen LogP contribution is 2.47. The van der Waals surface area contributed by atoms with Gasteiger partial charge in [0.1, 0.15) is 5.75 Å². The molecule has 2 N–H and O–H groups in total. The number of rotatable bonds is 2. The summed E-state index contributed by atoms with van der Waals surface area (Å²) in [6, 6.07) is 4.11. The first-order valence-corrected chi connectivity index (χ1v) is 6.79. The zero-order valence-electron chi connectivity index (χ0n) is 9.97. The maximum atomic E-state index is 6.23. The number of benzene rings is 1. The van der Waals surface area contributed by atoms with Crippen molar-refractivity contribution in [2.24, 2.45) is 5.73 Å². The molecule has 0 radical (unpaired) electrons. The van der Waals surface area contributed by atoms with E-state index in [1.807, 2.05) is 6.07 Å². The van der Waals surface area contributed by atoms with Crippen molar-refractivity contribution in [3.63, 3.8) is 0 Å². The van der Waals surface area contributed by atoms with E-state index in [1.54, 1.807) is 0 Å². The Hall–Kier alpha value is -0.730. The smallest absolute Gasteiger partial charge is 0.126 e. The van der Waals surface area contributed by atoms with Gasteiger partial charge in [-0.3, -0.25) is 0 Å².